The van der Waals surface area contributed by atoms with Crippen LogP contribution in [0.4, 0.5) is 5.69 Å². The maximum absolute atomic E-state index is 5.96. The average Bonchev–Trinajstić information content (AvgIpc) is 2.83. The molecule has 32 heavy (non-hydrogen) atoms. The van der Waals surface area contributed by atoms with Crippen LogP contribution in [0, 0.1) is 0 Å². The van der Waals surface area contributed by atoms with Crippen molar-refractivity contribution in [1.29, 1.82) is 0 Å². The van der Waals surface area contributed by atoms with E-state index in [9.17, 15) is 0 Å². The van der Waals surface area contributed by atoms with E-state index in [0.29, 0.717) is 30.6 Å². The number of morpholine rings is 1. The van der Waals surface area contributed by atoms with Gasteiger partial charge in [-0.15, -0.1) is 0 Å². The summed E-state index contributed by atoms with van der Waals surface area (Å²) >= 11 is 0. The molecule has 0 radical (unpaired) electrons. The molecule has 0 aromatic heterocycles. The van der Waals surface area contributed by atoms with Crippen molar-refractivity contribution >= 4 is 11.6 Å². The number of ether oxygens (including phenoxy) is 4. The lowest BCUT2D eigenvalue weighted by Crippen LogP contribution is -2.38. The van der Waals surface area contributed by atoms with Crippen LogP contribution in [0.1, 0.15) is 12.5 Å². The monoisotopic (exact) mass is 442 g/mol. The Morgan fingerprint density at radius 3 is 2.62 bits per heavy atom. The molecule has 3 rings (SSSR count). The molecule has 174 valence electrons. The van der Waals surface area contributed by atoms with Gasteiger partial charge in [0.25, 0.3) is 0 Å². The highest BCUT2D eigenvalue weighted by atomic mass is 16.5. The average molecular weight is 443 g/mol. The number of aliphatic imine (C=N–C) groups is 1. The first-order valence-corrected chi connectivity index (χ1v) is 11.0. The van der Waals surface area contributed by atoms with E-state index in [1.807, 2.05) is 43.3 Å². The van der Waals surface area contributed by atoms with E-state index >= 15 is 0 Å². The quantitative estimate of drug-likeness (QED) is 0.433. The Hall–Kier alpha value is -2.97. The number of anilines is 1. The van der Waals surface area contributed by atoms with Gasteiger partial charge in [-0.05, 0) is 36.8 Å². The van der Waals surface area contributed by atoms with Crippen molar-refractivity contribution in [2.45, 2.75) is 13.5 Å². The van der Waals surface area contributed by atoms with Gasteiger partial charge in [-0.3, -0.25) is 4.90 Å². The summed E-state index contributed by atoms with van der Waals surface area (Å²) in [5, 5.41) is 6.59. The Balaban J connectivity index is 1.57. The Bertz CT molecular complexity index is 869. The number of guanidine groups is 1. The maximum atomic E-state index is 5.96. The van der Waals surface area contributed by atoms with Crippen LogP contribution >= 0.6 is 0 Å². The fourth-order valence-electron chi connectivity index (χ4n) is 3.38. The molecule has 2 N–H and O–H groups in total. The van der Waals surface area contributed by atoms with Crippen molar-refractivity contribution < 1.29 is 18.9 Å². The van der Waals surface area contributed by atoms with Crippen LogP contribution in [0.15, 0.2) is 47.5 Å². The van der Waals surface area contributed by atoms with Crippen molar-refractivity contribution in [3.8, 4) is 17.2 Å². The molecule has 0 unspecified atom stereocenters. The standard InChI is InChI=1S/C24H34N4O4/c1-4-25-24(27-20-8-9-22(29-2)23(17-20)30-3)26-18-19-6-5-7-21(16-19)32-15-12-28-10-13-31-14-11-28/h5-9,16-17H,4,10-15,18H2,1-3H3,(H2,25,26,27). The zero-order chi connectivity index (χ0) is 22.6. The van der Waals surface area contributed by atoms with Crippen molar-refractivity contribution in [2.24, 2.45) is 4.99 Å². The van der Waals surface area contributed by atoms with Gasteiger partial charge in [-0.1, -0.05) is 12.1 Å². The van der Waals surface area contributed by atoms with Crippen LogP contribution in [0.2, 0.25) is 0 Å². The van der Waals surface area contributed by atoms with E-state index in [-0.39, 0.29) is 0 Å². The van der Waals surface area contributed by atoms with Gasteiger partial charge in [0.2, 0.25) is 0 Å². The van der Waals surface area contributed by atoms with Crippen LogP contribution in [0.5, 0.6) is 17.2 Å². The first-order chi connectivity index (χ1) is 15.7. The normalized spacial score (nSPS) is 14.7. The third kappa shape index (κ3) is 7.32. The molecule has 2 aromatic rings. The lowest BCUT2D eigenvalue weighted by Gasteiger charge is -2.26. The van der Waals surface area contributed by atoms with E-state index < -0.39 is 0 Å². The van der Waals surface area contributed by atoms with Gasteiger partial charge in [0.05, 0.1) is 34.0 Å². The molecular weight excluding hydrogens is 408 g/mol. The largest absolute Gasteiger partial charge is 0.493 e. The molecule has 0 atom stereocenters. The summed E-state index contributed by atoms with van der Waals surface area (Å²) < 4.78 is 22.0. The zero-order valence-corrected chi connectivity index (χ0v) is 19.2. The second-order valence-electron chi connectivity index (χ2n) is 7.34. The summed E-state index contributed by atoms with van der Waals surface area (Å²) in [7, 11) is 3.24. The summed E-state index contributed by atoms with van der Waals surface area (Å²) in [5.74, 6) is 2.91. The van der Waals surface area contributed by atoms with Crippen molar-refractivity contribution in [3.05, 3.63) is 48.0 Å². The van der Waals surface area contributed by atoms with Gasteiger partial charge in [0.15, 0.2) is 17.5 Å². The van der Waals surface area contributed by atoms with E-state index in [1.165, 1.54) is 0 Å². The van der Waals surface area contributed by atoms with Gasteiger partial charge >= 0.3 is 0 Å². The molecule has 2 aromatic carbocycles. The van der Waals surface area contributed by atoms with E-state index in [4.69, 9.17) is 23.9 Å². The molecule has 1 heterocycles. The zero-order valence-electron chi connectivity index (χ0n) is 19.2. The highest BCUT2D eigenvalue weighted by Crippen LogP contribution is 2.29. The number of methoxy groups -OCH3 is 2. The van der Waals surface area contributed by atoms with Gasteiger partial charge in [0, 0.05) is 37.9 Å². The van der Waals surface area contributed by atoms with Crippen LogP contribution in [-0.2, 0) is 11.3 Å². The minimum Gasteiger partial charge on any atom is -0.493 e. The molecule has 0 saturated carbocycles. The smallest absolute Gasteiger partial charge is 0.196 e. The molecule has 0 bridgehead atoms. The number of benzene rings is 2. The summed E-state index contributed by atoms with van der Waals surface area (Å²) in [6.45, 7) is 8.44. The lowest BCUT2D eigenvalue weighted by molar-refractivity contribution is 0.0322. The number of nitrogens with zero attached hydrogens (tertiary/aromatic N) is 2. The molecule has 1 saturated heterocycles. The molecule has 1 fully saturated rings. The van der Waals surface area contributed by atoms with Crippen LogP contribution in [0.3, 0.4) is 0 Å². The number of hydrogen-bond donors (Lipinski definition) is 2. The first kappa shape index (κ1) is 23.7. The van der Waals surface area contributed by atoms with Crippen molar-refractivity contribution in [1.82, 2.24) is 10.2 Å². The summed E-state index contributed by atoms with van der Waals surface area (Å²) in [6.07, 6.45) is 0. The van der Waals surface area contributed by atoms with E-state index in [1.54, 1.807) is 14.2 Å². The Morgan fingerprint density at radius 2 is 1.88 bits per heavy atom. The molecule has 0 aliphatic carbocycles. The Morgan fingerprint density at radius 1 is 1.06 bits per heavy atom. The van der Waals surface area contributed by atoms with Crippen molar-refractivity contribution in [3.63, 3.8) is 0 Å². The summed E-state index contributed by atoms with van der Waals surface area (Å²) in [5.41, 5.74) is 1.95. The third-order valence-corrected chi connectivity index (χ3v) is 5.09. The van der Waals surface area contributed by atoms with Crippen molar-refractivity contribution in [2.75, 3.05) is 65.5 Å². The summed E-state index contributed by atoms with van der Waals surface area (Å²) in [6, 6.07) is 13.8. The van der Waals surface area contributed by atoms with Crippen LogP contribution in [-0.4, -0.2) is 71.1 Å². The number of nitrogens with one attached hydrogen (secondary N) is 2. The Labute approximate surface area is 190 Å². The van der Waals surface area contributed by atoms with E-state index in [2.05, 4.69) is 21.6 Å². The minimum absolute atomic E-state index is 0.531. The minimum atomic E-state index is 0.531. The molecular formula is C24H34N4O4. The second-order valence-corrected chi connectivity index (χ2v) is 7.34. The predicted molar refractivity (Wildman–Crippen MR) is 127 cm³/mol. The van der Waals surface area contributed by atoms with Gasteiger partial charge in [-0.2, -0.15) is 0 Å². The van der Waals surface area contributed by atoms with E-state index in [0.717, 1.165) is 56.4 Å². The maximum Gasteiger partial charge on any atom is 0.196 e. The Kier molecular flexibility index (Phi) is 9.46. The fourth-order valence-corrected chi connectivity index (χ4v) is 3.38. The molecule has 0 amide bonds. The van der Waals surface area contributed by atoms with Gasteiger partial charge in [0.1, 0.15) is 12.4 Å². The summed E-state index contributed by atoms with van der Waals surface area (Å²) in [4.78, 5) is 7.08. The lowest BCUT2D eigenvalue weighted by atomic mass is 10.2. The topological polar surface area (TPSA) is 76.6 Å². The molecule has 1 aliphatic rings. The predicted octanol–water partition coefficient (Wildman–Crippen LogP) is 2.99. The molecule has 8 heteroatoms. The van der Waals surface area contributed by atoms with Crippen LogP contribution < -0.4 is 24.8 Å². The number of hydrogen-bond acceptors (Lipinski definition) is 6. The fraction of sp³-hybridized carbons (Fsp3) is 0.458. The number of rotatable bonds is 10. The third-order valence-electron chi connectivity index (χ3n) is 5.09. The molecule has 1 aliphatic heterocycles. The highest BCUT2D eigenvalue weighted by molar-refractivity contribution is 5.93. The SMILES string of the molecule is CCNC(=NCc1cccc(OCCN2CCOCC2)c1)Nc1ccc(OC)c(OC)c1. The highest BCUT2D eigenvalue weighted by Gasteiger charge is 2.10. The molecule has 0 spiro atoms. The second kappa shape index (κ2) is 12.8. The van der Waals surface area contributed by atoms with Crippen LogP contribution in [0.25, 0.3) is 0 Å². The van der Waals surface area contributed by atoms with Gasteiger partial charge in [-0.25, -0.2) is 4.99 Å². The first-order valence-electron chi connectivity index (χ1n) is 11.0. The molecule has 8 nitrogen and oxygen atoms in total. The van der Waals surface area contributed by atoms with Gasteiger partial charge < -0.3 is 29.6 Å².